The molecule has 2 fully saturated rings. The molecule has 1 amide bonds. The minimum Gasteiger partial charge on any atom is -0.444 e. The number of oxime groups is 1. The standard InChI is InChI=1S/C27H37FN6O7/c1-27(2,3)40-26(38)33-8-6-15(7-9-33)19-10-17(41-31-19)11-21-24(36)23(25(37)22(14-35)39-21)34-13-20(30-32-34)18-5-4-16(28)12-29-18/h4-5,12-13,15,17,21-25,35-37H,6-11,14H2,1-3H3/t17?,21-,22-,23-,24+,25+/m1/s1. The molecule has 3 aliphatic heterocycles. The molecule has 2 saturated heterocycles. The first-order valence-corrected chi connectivity index (χ1v) is 13.9. The van der Waals surface area contributed by atoms with Gasteiger partial charge in [0.05, 0.1) is 36.5 Å². The van der Waals surface area contributed by atoms with Crippen LogP contribution in [0, 0.1) is 11.7 Å². The number of nitrogens with zero attached hydrogens (tertiary/aromatic N) is 6. The van der Waals surface area contributed by atoms with E-state index in [1.165, 1.54) is 23.0 Å². The van der Waals surface area contributed by atoms with Crippen molar-refractivity contribution >= 4 is 11.8 Å². The number of hydrogen-bond donors (Lipinski definition) is 3. The predicted octanol–water partition coefficient (Wildman–Crippen LogP) is 1.68. The summed E-state index contributed by atoms with van der Waals surface area (Å²) in [5.74, 6) is -0.318. The number of ether oxygens (including phenoxy) is 2. The zero-order valence-electron chi connectivity index (χ0n) is 23.3. The van der Waals surface area contributed by atoms with E-state index in [-0.39, 0.29) is 24.5 Å². The van der Waals surface area contributed by atoms with Gasteiger partial charge < -0.3 is 34.5 Å². The lowest BCUT2D eigenvalue weighted by molar-refractivity contribution is -0.212. The number of pyridine rings is 1. The normalized spacial score (nSPS) is 29.2. The summed E-state index contributed by atoms with van der Waals surface area (Å²) >= 11 is 0. The molecule has 0 aliphatic carbocycles. The second-order valence-corrected chi connectivity index (χ2v) is 11.8. The Kier molecular flexibility index (Phi) is 8.55. The SMILES string of the molecule is CC(C)(C)OC(=O)N1CCC(C2=NOC(C[C@H]3O[C@H](CO)[C@H](O)[C@H](n4cc(-c5ccc(F)cn5)nn4)[C@H]3O)C2)CC1. The lowest BCUT2D eigenvalue weighted by Gasteiger charge is -2.42. The number of likely N-dealkylation sites (tertiary alicyclic amines) is 1. The molecule has 3 N–H and O–H groups in total. The van der Waals surface area contributed by atoms with Crippen LogP contribution in [0.5, 0.6) is 0 Å². The molecule has 0 aromatic carbocycles. The van der Waals surface area contributed by atoms with Crippen molar-refractivity contribution in [2.45, 2.75) is 88.6 Å². The van der Waals surface area contributed by atoms with E-state index in [0.717, 1.165) is 24.8 Å². The van der Waals surface area contributed by atoms with Gasteiger partial charge in [-0.25, -0.2) is 13.9 Å². The summed E-state index contributed by atoms with van der Waals surface area (Å²) in [4.78, 5) is 23.8. The van der Waals surface area contributed by atoms with Crippen LogP contribution in [0.4, 0.5) is 9.18 Å². The molecule has 0 spiro atoms. The third-order valence-corrected chi connectivity index (χ3v) is 7.67. The van der Waals surface area contributed by atoms with Crippen LogP contribution >= 0.6 is 0 Å². The Morgan fingerprint density at radius 2 is 1.88 bits per heavy atom. The number of aromatic nitrogens is 4. The van der Waals surface area contributed by atoms with Crippen molar-refractivity contribution in [2.24, 2.45) is 11.1 Å². The monoisotopic (exact) mass is 576 g/mol. The molecule has 2 aromatic heterocycles. The summed E-state index contributed by atoms with van der Waals surface area (Å²) < 4.78 is 26.0. The van der Waals surface area contributed by atoms with E-state index >= 15 is 0 Å². The largest absolute Gasteiger partial charge is 0.444 e. The Morgan fingerprint density at radius 1 is 1.15 bits per heavy atom. The van der Waals surface area contributed by atoms with Gasteiger partial charge in [0, 0.05) is 31.8 Å². The number of carbonyl (C=O) groups excluding carboxylic acids is 1. The van der Waals surface area contributed by atoms with Gasteiger partial charge in [-0.1, -0.05) is 10.4 Å². The Morgan fingerprint density at radius 3 is 2.54 bits per heavy atom. The van der Waals surface area contributed by atoms with E-state index in [0.29, 0.717) is 30.9 Å². The summed E-state index contributed by atoms with van der Waals surface area (Å²) in [5, 5.41) is 44.5. The molecular weight excluding hydrogens is 539 g/mol. The summed E-state index contributed by atoms with van der Waals surface area (Å²) in [6.45, 7) is 6.20. The molecule has 6 atom stereocenters. The van der Waals surface area contributed by atoms with Crippen LogP contribution in [0.15, 0.2) is 29.7 Å². The van der Waals surface area contributed by atoms with Crippen molar-refractivity contribution in [1.82, 2.24) is 24.9 Å². The van der Waals surface area contributed by atoms with Crippen molar-refractivity contribution in [1.29, 1.82) is 0 Å². The molecule has 0 bridgehead atoms. The Hall–Kier alpha value is -3.20. The zero-order chi connectivity index (χ0) is 29.3. The van der Waals surface area contributed by atoms with Gasteiger partial charge in [-0.2, -0.15) is 0 Å². The highest BCUT2D eigenvalue weighted by atomic mass is 19.1. The average molecular weight is 577 g/mol. The summed E-state index contributed by atoms with van der Waals surface area (Å²) in [6.07, 6.45) is -0.0294. The fraction of sp³-hybridized carbons (Fsp3) is 0.667. The smallest absolute Gasteiger partial charge is 0.410 e. The number of rotatable bonds is 6. The minimum atomic E-state index is -1.27. The van der Waals surface area contributed by atoms with Gasteiger partial charge >= 0.3 is 6.09 Å². The molecule has 0 radical (unpaired) electrons. The lowest BCUT2D eigenvalue weighted by Crippen LogP contribution is -2.56. The maximum Gasteiger partial charge on any atom is 0.410 e. The Bertz CT molecular complexity index is 1230. The van der Waals surface area contributed by atoms with Crippen molar-refractivity contribution in [3.05, 3.63) is 30.3 Å². The van der Waals surface area contributed by atoms with Crippen LogP contribution in [0.1, 0.15) is 52.5 Å². The van der Waals surface area contributed by atoms with E-state index < -0.39 is 48.5 Å². The molecule has 5 heterocycles. The molecule has 14 heteroatoms. The first-order chi connectivity index (χ1) is 19.5. The van der Waals surface area contributed by atoms with E-state index in [1.54, 1.807) is 4.90 Å². The maximum atomic E-state index is 13.3. The van der Waals surface area contributed by atoms with E-state index in [4.69, 9.17) is 14.3 Å². The van der Waals surface area contributed by atoms with Crippen LogP contribution in [0.3, 0.4) is 0 Å². The highest BCUT2D eigenvalue weighted by Gasteiger charge is 2.47. The third kappa shape index (κ3) is 6.66. The van der Waals surface area contributed by atoms with Crippen LogP contribution < -0.4 is 0 Å². The maximum absolute atomic E-state index is 13.3. The summed E-state index contributed by atoms with van der Waals surface area (Å²) in [5.41, 5.74) is 1.08. The number of amides is 1. The number of aliphatic hydroxyl groups excluding tert-OH is 3. The third-order valence-electron chi connectivity index (χ3n) is 7.67. The topological polar surface area (TPSA) is 165 Å². The van der Waals surface area contributed by atoms with Gasteiger partial charge in [0.1, 0.15) is 47.6 Å². The van der Waals surface area contributed by atoms with Gasteiger partial charge in [-0.15, -0.1) is 5.10 Å². The number of carbonyl (C=O) groups is 1. The van der Waals surface area contributed by atoms with Crippen molar-refractivity contribution in [3.63, 3.8) is 0 Å². The van der Waals surface area contributed by atoms with Crippen molar-refractivity contribution in [2.75, 3.05) is 19.7 Å². The number of halogens is 1. The van der Waals surface area contributed by atoms with Crippen LogP contribution in [0.25, 0.3) is 11.4 Å². The van der Waals surface area contributed by atoms with E-state index in [9.17, 15) is 24.5 Å². The fourth-order valence-corrected chi connectivity index (χ4v) is 5.55. The molecule has 13 nitrogen and oxygen atoms in total. The van der Waals surface area contributed by atoms with Crippen LogP contribution in [-0.2, 0) is 14.3 Å². The quantitative estimate of drug-likeness (QED) is 0.461. The number of piperidine rings is 1. The van der Waals surface area contributed by atoms with Gasteiger partial charge in [-0.05, 0) is 45.7 Å². The molecule has 1 unspecified atom stereocenters. The molecule has 2 aromatic rings. The minimum absolute atomic E-state index is 0.171. The van der Waals surface area contributed by atoms with Crippen molar-refractivity contribution in [3.8, 4) is 11.4 Å². The van der Waals surface area contributed by atoms with Crippen LogP contribution in [-0.4, -0.2) is 108 Å². The second kappa shape index (κ2) is 12.0. The fourth-order valence-electron chi connectivity index (χ4n) is 5.55. The van der Waals surface area contributed by atoms with Gasteiger partial charge in [0.25, 0.3) is 0 Å². The average Bonchev–Trinajstić information content (AvgIpc) is 3.60. The molecule has 41 heavy (non-hydrogen) atoms. The van der Waals surface area contributed by atoms with Gasteiger partial charge in [0.15, 0.2) is 0 Å². The first kappa shape index (κ1) is 29.3. The van der Waals surface area contributed by atoms with E-state index in [1.807, 2.05) is 20.8 Å². The lowest BCUT2D eigenvalue weighted by atomic mass is 9.86. The number of aliphatic hydroxyl groups is 3. The number of hydrogen-bond acceptors (Lipinski definition) is 11. The molecule has 224 valence electrons. The van der Waals surface area contributed by atoms with E-state index in [2.05, 4.69) is 20.5 Å². The summed E-state index contributed by atoms with van der Waals surface area (Å²) in [6, 6.07) is 1.74. The first-order valence-electron chi connectivity index (χ1n) is 13.9. The zero-order valence-corrected chi connectivity index (χ0v) is 23.3. The van der Waals surface area contributed by atoms with Gasteiger partial charge in [-0.3, -0.25) is 4.98 Å². The second-order valence-electron chi connectivity index (χ2n) is 11.8. The molecular formula is C27H37FN6O7. The van der Waals surface area contributed by atoms with Gasteiger partial charge in [0.2, 0.25) is 0 Å². The van der Waals surface area contributed by atoms with Crippen LogP contribution in [0.2, 0.25) is 0 Å². The summed E-state index contributed by atoms with van der Waals surface area (Å²) in [7, 11) is 0. The highest BCUT2D eigenvalue weighted by molar-refractivity contribution is 5.88. The molecule has 0 saturated carbocycles. The Labute approximate surface area is 236 Å². The predicted molar refractivity (Wildman–Crippen MR) is 142 cm³/mol. The Balaban J connectivity index is 1.19. The van der Waals surface area contributed by atoms with Crippen molar-refractivity contribution < 1.29 is 38.8 Å². The highest BCUT2D eigenvalue weighted by Crippen LogP contribution is 2.35. The molecule has 3 aliphatic rings. The molecule has 5 rings (SSSR count).